The molecular formula is C39H40F3N3O8. The van der Waals surface area contributed by atoms with Crippen LogP contribution in [0.15, 0.2) is 85.1 Å². The molecule has 0 atom stereocenters. The molecule has 0 aliphatic heterocycles. The largest absolute Gasteiger partial charge is 0.497 e. The van der Waals surface area contributed by atoms with Crippen LogP contribution in [0.1, 0.15) is 76.4 Å². The molecule has 0 bridgehead atoms. The van der Waals surface area contributed by atoms with E-state index in [1.807, 2.05) is 0 Å². The topological polar surface area (TPSA) is 144 Å². The number of carboxylic acids is 1. The summed E-state index contributed by atoms with van der Waals surface area (Å²) in [4.78, 5) is 55.3. The van der Waals surface area contributed by atoms with Crippen LogP contribution in [0.3, 0.4) is 0 Å². The number of amides is 2. The minimum atomic E-state index is -4.71. The van der Waals surface area contributed by atoms with Crippen molar-refractivity contribution in [2.24, 2.45) is 0 Å². The number of carboxylic acid groups (broad SMARTS) is 1. The van der Waals surface area contributed by atoms with Crippen LogP contribution in [0.25, 0.3) is 0 Å². The first kappa shape index (κ1) is 39.9. The fourth-order valence-electron chi connectivity index (χ4n) is 5.23. The van der Waals surface area contributed by atoms with Gasteiger partial charge in [-0.05, 0) is 78.2 Å². The molecule has 0 fully saturated rings. The van der Waals surface area contributed by atoms with Gasteiger partial charge in [0.2, 0.25) is 5.91 Å². The van der Waals surface area contributed by atoms with Gasteiger partial charge in [0.25, 0.3) is 5.91 Å². The van der Waals surface area contributed by atoms with E-state index < -0.39 is 48.5 Å². The van der Waals surface area contributed by atoms with E-state index in [0.29, 0.717) is 23.5 Å². The lowest BCUT2D eigenvalue weighted by Crippen LogP contribution is -2.35. The second kappa shape index (κ2) is 19.1. The maximum Gasteiger partial charge on any atom is 0.416 e. The van der Waals surface area contributed by atoms with Gasteiger partial charge in [0.15, 0.2) is 0 Å². The number of methoxy groups -OCH3 is 1. The number of rotatable bonds is 18. The van der Waals surface area contributed by atoms with Crippen molar-refractivity contribution in [3.63, 3.8) is 0 Å². The van der Waals surface area contributed by atoms with Crippen molar-refractivity contribution in [2.45, 2.75) is 58.2 Å². The number of carbonyl (C=O) groups excluding carboxylic acids is 3. The second-order valence-electron chi connectivity index (χ2n) is 12.1. The number of halogens is 3. The first-order valence-electron chi connectivity index (χ1n) is 16.9. The van der Waals surface area contributed by atoms with Crippen LogP contribution in [0, 0.1) is 0 Å². The van der Waals surface area contributed by atoms with Gasteiger partial charge >= 0.3 is 18.1 Å². The smallest absolute Gasteiger partial charge is 0.416 e. The zero-order chi connectivity index (χ0) is 38.4. The van der Waals surface area contributed by atoms with Crippen molar-refractivity contribution in [3.05, 3.63) is 113 Å². The number of esters is 1. The second-order valence-corrected chi connectivity index (χ2v) is 12.1. The van der Waals surface area contributed by atoms with Gasteiger partial charge in [0, 0.05) is 12.7 Å². The number of aromatic nitrogens is 1. The molecule has 0 saturated carbocycles. The summed E-state index contributed by atoms with van der Waals surface area (Å²) in [5, 5.41) is 11.9. The van der Waals surface area contributed by atoms with E-state index in [4.69, 9.17) is 14.2 Å². The first-order chi connectivity index (χ1) is 25.4. The summed E-state index contributed by atoms with van der Waals surface area (Å²) in [5.74, 6) is -2.43. The number of anilines is 1. The lowest BCUT2D eigenvalue weighted by molar-refractivity contribution is -0.139. The Morgan fingerprint density at radius 1 is 0.830 bits per heavy atom. The Balaban J connectivity index is 1.32. The highest BCUT2D eigenvalue weighted by Crippen LogP contribution is 2.34. The maximum atomic E-state index is 13.5. The molecule has 0 saturated heterocycles. The average Bonchev–Trinajstić information content (AvgIpc) is 3.13. The molecule has 53 heavy (non-hydrogen) atoms. The molecule has 1 heterocycles. The van der Waals surface area contributed by atoms with Gasteiger partial charge in [-0.3, -0.25) is 14.4 Å². The van der Waals surface area contributed by atoms with Crippen molar-refractivity contribution in [1.29, 1.82) is 0 Å². The van der Waals surface area contributed by atoms with Crippen molar-refractivity contribution in [1.82, 2.24) is 9.88 Å². The summed E-state index contributed by atoms with van der Waals surface area (Å²) in [7, 11) is 1.23. The minimum Gasteiger partial charge on any atom is -0.497 e. The highest BCUT2D eigenvalue weighted by molar-refractivity contribution is 5.96. The summed E-state index contributed by atoms with van der Waals surface area (Å²) in [6, 6.07) is 18.7. The molecule has 3 aromatic carbocycles. The normalized spacial score (nSPS) is 11.0. The fraction of sp³-hybridized carbons (Fsp3) is 0.308. The number of ether oxygens (including phenoxy) is 3. The van der Waals surface area contributed by atoms with Crippen molar-refractivity contribution in [3.8, 4) is 17.2 Å². The van der Waals surface area contributed by atoms with Gasteiger partial charge < -0.3 is 29.5 Å². The number of nitrogens with zero attached hydrogens (tertiary/aromatic N) is 2. The Morgan fingerprint density at radius 2 is 1.49 bits per heavy atom. The number of benzene rings is 3. The van der Waals surface area contributed by atoms with E-state index in [1.165, 1.54) is 56.7 Å². The highest BCUT2D eigenvalue weighted by atomic mass is 19.4. The van der Waals surface area contributed by atoms with Crippen LogP contribution >= 0.6 is 0 Å². The number of nitrogens with one attached hydrogen (secondary N) is 1. The third-order valence-electron chi connectivity index (χ3n) is 7.98. The molecular weight excluding hydrogens is 695 g/mol. The molecule has 2 amide bonds. The molecule has 0 aliphatic rings. The monoisotopic (exact) mass is 735 g/mol. The van der Waals surface area contributed by atoms with E-state index in [-0.39, 0.29) is 35.0 Å². The number of aliphatic carboxylic acids is 1. The standard InChI is InChI=1S/C39H40F3N3O8/c1-3-4-5-6-7-20-52-30-16-10-27(11-17-30)38(50)53-31-14-8-26(9-15-31)24-45(25-36(47)48)37(49)29-13-19-34(43-23-29)44-35(46)21-28-12-18-32(51-2)22-33(28)39(40,41)42/h8-19,22-23H,3-7,20-21,24-25H2,1-2H3,(H,47,48)(H,43,44,46). The minimum absolute atomic E-state index is 0.00713. The molecule has 1 aromatic heterocycles. The van der Waals surface area contributed by atoms with E-state index in [0.717, 1.165) is 36.1 Å². The van der Waals surface area contributed by atoms with Gasteiger partial charge in [-0.15, -0.1) is 0 Å². The van der Waals surface area contributed by atoms with E-state index >= 15 is 0 Å². The number of unbranched alkanes of at least 4 members (excludes halogenated alkanes) is 4. The predicted molar refractivity (Wildman–Crippen MR) is 189 cm³/mol. The molecule has 11 nitrogen and oxygen atoms in total. The maximum absolute atomic E-state index is 13.5. The van der Waals surface area contributed by atoms with Crippen molar-refractivity contribution >= 4 is 29.6 Å². The average molecular weight is 736 g/mol. The van der Waals surface area contributed by atoms with Crippen molar-refractivity contribution < 1.29 is 51.7 Å². The zero-order valence-electron chi connectivity index (χ0n) is 29.3. The molecule has 14 heteroatoms. The molecule has 2 N–H and O–H groups in total. The lowest BCUT2D eigenvalue weighted by atomic mass is 10.0. The lowest BCUT2D eigenvalue weighted by Gasteiger charge is -2.21. The molecule has 0 spiro atoms. The summed E-state index contributed by atoms with van der Waals surface area (Å²) in [6.07, 6.45) is 1.44. The zero-order valence-corrected chi connectivity index (χ0v) is 29.3. The van der Waals surface area contributed by atoms with Gasteiger partial charge in [-0.2, -0.15) is 13.2 Å². The van der Waals surface area contributed by atoms with Crippen LogP contribution in [0.4, 0.5) is 19.0 Å². The molecule has 0 radical (unpaired) electrons. The number of hydrogen-bond donors (Lipinski definition) is 2. The van der Waals surface area contributed by atoms with Crippen LogP contribution in [0.2, 0.25) is 0 Å². The Kier molecular flexibility index (Phi) is 14.3. The summed E-state index contributed by atoms with van der Waals surface area (Å²) in [6.45, 7) is 2.01. The summed E-state index contributed by atoms with van der Waals surface area (Å²) < 4.78 is 56.7. The SMILES string of the molecule is CCCCCCCOc1ccc(C(=O)Oc2ccc(CN(CC(=O)O)C(=O)c3ccc(NC(=O)Cc4ccc(OC)cc4C(F)(F)F)nc3)cc2)cc1. The van der Waals surface area contributed by atoms with Crippen LogP contribution in [0.5, 0.6) is 17.2 Å². The predicted octanol–water partition coefficient (Wildman–Crippen LogP) is 7.59. The molecule has 280 valence electrons. The number of alkyl halides is 3. The summed E-state index contributed by atoms with van der Waals surface area (Å²) >= 11 is 0. The molecule has 0 unspecified atom stereocenters. The number of carbonyl (C=O) groups is 4. The van der Waals surface area contributed by atoms with Crippen molar-refractivity contribution in [2.75, 3.05) is 25.6 Å². The van der Waals surface area contributed by atoms with Crippen LogP contribution in [-0.4, -0.2) is 59.0 Å². The Hall–Kier alpha value is -5.92. The van der Waals surface area contributed by atoms with E-state index in [1.54, 1.807) is 36.4 Å². The van der Waals surface area contributed by atoms with Crippen LogP contribution in [-0.2, 0) is 28.7 Å². The molecule has 4 rings (SSSR count). The number of pyridine rings is 1. The number of hydrogen-bond acceptors (Lipinski definition) is 8. The third-order valence-corrected chi connectivity index (χ3v) is 7.98. The highest BCUT2D eigenvalue weighted by Gasteiger charge is 2.34. The first-order valence-corrected chi connectivity index (χ1v) is 16.9. The Labute approximate surface area is 304 Å². The quantitative estimate of drug-likeness (QED) is 0.0600. The third kappa shape index (κ3) is 12.4. The molecule has 4 aromatic rings. The van der Waals surface area contributed by atoms with E-state index in [9.17, 15) is 37.5 Å². The van der Waals surface area contributed by atoms with Gasteiger partial charge in [0.1, 0.15) is 29.6 Å². The van der Waals surface area contributed by atoms with Gasteiger partial charge in [-0.25, -0.2) is 9.78 Å². The summed E-state index contributed by atoms with van der Waals surface area (Å²) in [5.41, 5.74) is -0.394. The Morgan fingerprint density at radius 3 is 2.11 bits per heavy atom. The van der Waals surface area contributed by atoms with Gasteiger partial charge in [-0.1, -0.05) is 50.8 Å². The van der Waals surface area contributed by atoms with E-state index in [2.05, 4.69) is 17.2 Å². The fourth-order valence-corrected chi connectivity index (χ4v) is 5.23. The molecule has 0 aliphatic carbocycles. The van der Waals surface area contributed by atoms with Crippen LogP contribution < -0.4 is 19.5 Å². The van der Waals surface area contributed by atoms with Gasteiger partial charge in [0.05, 0.1) is 36.8 Å². The Bertz CT molecular complexity index is 1850.